The molecule has 0 saturated carbocycles. The number of aromatic nitrogens is 3. The van der Waals surface area contributed by atoms with Crippen LogP contribution in [-0.4, -0.2) is 39.6 Å². The van der Waals surface area contributed by atoms with Crippen LogP contribution in [0.4, 0.5) is 11.6 Å². The highest BCUT2D eigenvalue weighted by molar-refractivity contribution is 7.92. The summed E-state index contributed by atoms with van der Waals surface area (Å²) < 4.78 is 35.3. The van der Waals surface area contributed by atoms with Crippen LogP contribution in [0.2, 0.25) is 0 Å². The molecule has 5 rings (SSSR count). The van der Waals surface area contributed by atoms with Crippen molar-refractivity contribution in [1.82, 2.24) is 14.5 Å². The van der Waals surface area contributed by atoms with Gasteiger partial charge in [-0.1, -0.05) is 18.2 Å². The van der Waals surface area contributed by atoms with Crippen LogP contribution in [0.3, 0.4) is 0 Å². The van der Waals surface area contributed by atoms with Gasteiger partial charge in [0.15, 0.2) is 11.7 Å². The molecule has 0 aliphatic carbocycles. The van der Waals surface area contributed by atoms with Crippen molar-refractivity contribution in [3.05, 3.63) is 77.6 Å². The molecule has 0 radical (unpaired) electrons. The van der Waals surface area contributed by atoms with Crippen LogP contribution >= 0.6 is 11.3 Å². The van der Waals surface area contributed by atoms with Gasteiger partial charge in [0.25, 0.3) is 15.9 Å². The van der Waals surface area contributed by atoms with E-state index in [0.29, 0.717) is 33.2 Å². The first-order valence-electron chi connectivity index (χ1n) is 11.6. The second-order valence-corrected chi connectivity index (χ2v) is 12.1. The van der Waals surface area contributed by atoms with Gasteiger partial charge in [0, 0.05) is 6.92 Å². The van der Waals surface area contributed by atoms with Gasteiger partial charge in [-0.3, -0.25) is 14.8 Å². The van der Waals surface area contributed by atoms with Crippen molar-refractivity contribution in [3.63, 3.8) is 0 Å². The number of thiophene rings is 1. The molecule has 3 N–H and O–H groups in total. The van der Waals surface area contributed by atoms with Gasteiger partial charge in [0.05, 0.1) is 49.7 Å². The molecule has 0 fully saturated rings. The molecule has 0 spiro atoms. The Morgan fingerprint density at radius 1 is 1.13 bits per heavy atom. The summed E-state index contributed by atoms with van der Waals surface area (Å²) in [6, 6.07) is 16.4. The molecular weight excluding hydrogens is 526 g/mol. The quantitative estimate of drug-likeness (QED) is 0.250. The van der Waals surface area contributed by atoms with Crippen molar-refractivity contribution < 1.29 is 22.7 Å². The highest BCUT2D eigenvalue weighted by atomic mass is 32.2. The molecule has 5 aromatic rings. The standard InChI is InChI=1S/C26H25N5O5S2/c1-16-27-14-21(36-16)22-11-12-23(37-22)24(32)29-25-28-19-13-17(9-10-20(19)31(25)15-26(2,3)33)30-38(34,35)18-7-5-4-6-8-18/h4-14,30,33H,15H2,1-3H3,(H,28,29,32). The number of carbonyl (C=O) groups is 1. The minimum atomic E-state index is -3.79. The average molecular weight is 552 g/mol. The Hall–Kier alpha value is -4.00. The summed E-state index contributed by atoms with van der Waals surface area (Å²) in [5.41, 5.74) is 0.272. The molecule has 0 bridgehead atoms. The fourth-order valence-corrected chi connectivity index (χ4v) is 5.80. The molecule has 196 valence electrons. The molecule has 0 atom stereocenters. The van der Waals surface area contributed by atoms with Gasteiger partial charge in [0.1, 0.15) is 0 Å². The first kappa shape index (κ1) is 25.6. The largest absolute Gasteiger partial charge is 0.440 e. The van der Waals surface area contributed by atoms with E-state index in [-0.39, 0.29) is 23.3 Å². The van der Waals surface area contributed by atoms with E-state index < -0.39 is 15.6 Å². The molecule has 10 nitrogen and oxygen atoms in total. The number of carbonyl (C=O) groups excluding carboxylic acids is 1. The van der Waals surface area contributed by atoms with Crippen molar-refractivity contribution in [2.45, 2.75) is 37.8 Å². The summed E-state index contributed by atoms with van der Waals surface area (Å²) in [6.45, 7) is 5.19. The van der Waals surface area contributed by atoms with E-state index in [1.807, 2.05) is 0 Å². The maximum Gasteiger partial charge on any atom is 0.268 e. The van der Waals surface area contributed by atoms with E-state index in [4.69, 9.17) is 4.42 Å². The number of nitrogens with one attached hydrogen (secondary N) is 2. The second kappa shape index (κ2) is 9.71. The predicted octanol–water partition coefficient (Wildman–Crippen LogP) is 4.89. The fraction of sp³-hybridized carbons (Fsp3) is 0.192. The number of hydrogen-bond donors (Lipinski definition) is 3. The lowest BCUT2D eigenvalue weighted by Crippen LogP contribution is -2.27. The fourth-order valence-electron chi connectivity index (χ4n) is 3.88. The molecule has 0 aliphatic heterocycles. The molecular formula is C26H25N5O5S2. The second-order valence-electron chi connectivity index (χ2n) is 9.32. The van der Waals surface area contributed by atoms with Gasteiger partial charge in [-0.05, 0) is 56.3 Å². The zero-order chi connectivity index (χ0) is 27.1. The Bertz CT molecular complexity index is 1730. The molecule has 1 amide bonds. The van der Waals surface area contributed by atoms with Crippen LogP contribution < -0.4 is 10.0 Å². The predicted molar refractivity (Wildman–Crippen MR) is 146 cm³/mol. The Kier molecular flexibility index (Phi) is 6.55. The lowest BCUT2D eigenvalue weighted by Gasteiger charge is -2.20. The number of aryl methyl sites for hydroxylation is 1. The van der Waals surface area contributed by atoms with Crippen molar-refractivity contribution in [2.24, 2.45) is 0 Å². The van der Waals surface area contributed by atoms with Crippen LogP contribution in [0.5, 0.6) is 0 Å². The summed E-state index contributed by atoms with van der Waals surface area (Å²) in [6.07, 6.45) is 1.61. The number of rotatable bonds is 8. The van der Waals surface area contributed by atoms with E-state index >= 15 is 0 Å². The normalized spacial score (nSPS) is 12.1. The van der Waals surface area contributed by atoms with Crippen molar-refractivity contribution in [2.75, 3.05) is 10.0 Å². The third-order valence-electron chi connectivity index (χ3n) is 5.52. The zero-order valence-electron chi connectivity index (χ0n) is 20.8. The number of imidazole rings is 1. The van der Waals surface area contributed by atoms with Gasteiger partial charge in [-0.15, -0.1) is 11.3 Å². The molecule has 0 unspecified atom stereocenters. The molecule has 38 heavy (non-hydrogen) atoms. The number of anilines is 2. The van der Waals surface area contributed by atoms with Crippen LogP contribution in [0.15, 0.2) is 76.2 Å². The van der Waals surface area contributed by atoms with Crippen LogP contribution in [0, 0.1) is 6.92 Å². The highest BCUT2D eigenvalue weighted by Gasteiger charge is 2.22. The SMILES string of the molecule is Cc1ncc(-c2ccc(C(=O)Nc3nc4cc(NS(=O)(=O)c5ccccc5)ccc4n3CC(C)(C)O)s2)o1. The number of amides is 1. The van der Waals surface area contributed by atoms with Crippen LogP contribution in [0.1, 0.15) is 29.4 Å². The van der Waals surface area contributed by atoms with Gasteiger partial charge in [-0.2, -0.15) is 0 Å². The van der Waals surface area contributed by atoms with Gasteiger partial charge < -0.3 is 14.1 Å². The molecule has 3 heterocycles. The highest BCUT2D eigenvalue weighted by Crippen LogP contribution is 2.30. The maximum absolute atomic E-state index is 13.1. The Labute approximate surface area is 223 Å². The third kappa shape index (κ3) is 5.47. The first-order valence-corrected chi connectivity index (χ1v) is 13.9. The van der Waals surface area contributed by atoms with Crippen LogP contribution in [0.25, 0.3) is 21.7 Å². The molecule has 0 aliphatic rings. The Morgan fingerprint density at radius 3 is 2.58 bits per heavy atom. The van der Waals surface area contributed by atoms with E-state index in [9.17, 15) is 18.3 Å². The van der Waals surface area contributed by atoms with Gasteiger partial charge >= 0.3 is 0 Å². The van der Waals surface area contributed by atoms with E-state index in [1.165, 1.54) is 23.5 Å². The monoisotopic (exact) mass is 551 g/mol. The maximum atomic E-state index is 13.1. The van der Waals surface area contributed by atoms with Gasteiger partial charge in [-0.25, -0.2) is 18.4 Å². The smallest absolute Gasteiger partial charge is 0.268 e. The minimum absolute atomic E-state index is 0.136. The number of hydrogen-bond acceptors (Lipinski definition) is 8. The number of sulfonamides is 1. The van der Waals surface area contributed by atoms with E-state index in [1.54, 1.807) is 80.1 Å². The van der Waals surface area contributed by atoms with E-state index in [2.05, 4.69) is 20.0 Å². The van der Waals surface area contributed by atoms with Crippen molar-refractivity contribution in [3.8, 4) is 10.6 Å². The zero-order valence-corrected chi connectivity index (χ0v) is 22.4. The van der Waals surface area contributed by atoms with Gasteiger partial charge in [0.2, 0.25) is 5.95 Å². The number of aliphatic hydroxyl groups is 1. The summed E-state index contributed by atoms with van der Waals surface area (Å²) in [5.74, 6) is 0.951. The Balaban J connectivity index is 1.45. The van der Waals surface area contributed by atoms with Crippen molar-refractivity contribution in [1.29, 1.82) is 0 Å². The molecule has 2 aromatic carbocycles. The first-order chi connectivity index (χ1) is 18.0. The summed E-state index contributed by atoms with van der Waals surface area (Å²) >= 11 is 1.25. The number of benzene rings is 2. The molecule has 0 saturated heterocycles. The Morgan fingerprint density at radius 2 is 1.89 bits per heavy atom. The number of oxazole rings is 1. The average Bonchev–Trinajstić information content (AvgIpc) is 3.58. The van der Waals surface area contributed by atoms with E-state index in [0.717, 1.165) is 4.88 Å². The molecule has 12 heteroatoms. The summed E-state index contributed by atoms with van der Waals surface area (Å²) in [4.78, 5) is 23.1. The molecule has 3 aromatic heterocycles. The minimum Gasteiger partial charge on any atom is -0.440 e. The topological polar surface area (TPSA) is 139 Å². The van der Waals surface area contributed by atoms with Crippen LogP contribution in [-0.2, 0) is 16.6 Å². The summed E-state index contributed by atoms with van der Waals surface area (Å²) in [5, 5.41) is 13.4. The number of nitrogens with zero attached hydrogens (tertiary/aromatic N) is 3. The third-order valence-corrected chi connectivity index (χ3v) is 8.01. The summed E-state index contributed by atoms with van der Waals surface area (Å²) in [7, 11) is -3.79. The lowest BCUT2D eigenvalue weighted by atomic mass is 10.1. The lowest BCUT2D eigenvalue weighted by molar-refractivity contribution is 0.0630. The number of fused-ring (bicyclic) bond motifs is 1. The van der Waals surface area contributed by atoms with Crippen molar-refractivity contribution >= 4 is 49.9 Å².